The van der Waals surface area contributed by atoms with Crippen LogP contribution in [-0.2, 0) is 5.54 Å². The van der Waals surface area contributed by atoms with Crippen molar-refractivity contribution in [2.75, 3.05) is 0 Å². The van der Waals surface area contributed by atoms with Gasteiger partial charge in [-0.3, -0.25) is 4.68 Å². The molecule has 4 aromatic carbocycles. The minimum absolute atomic E-state index is 0.0401. The minimum atomic E-state index is -1.96. The van der Waals surface area contributed by atoms with E-state index in [9.17, 15) is 18.8 Å². The van der Waals surface area contributed by atoms with Crippen molar-refractivity contribution in [3.8, 4) is 11.3 Å². The maximum atomic E-state index is 14.8. The van der Waals surface area contributed by atoms with E-state index < -0.39 is 24.3 Å². The van der Waals surface area contributed by atoms with Gasteiger partial charge in [0.2, 0.25) is 0 Å². The van der Waals surface area contributed by atoms with Crippen LogP contribution in [0.3, 0.4) is 0 Å². The van der Waals surface area contributed by atoms with Crippen LogP contribution >= 0.6 is 0 Å². The van der Waals surface area contributed by atoms with Gasteiger partial charge in [0.05, 0.1) is 5.69 Å². The molecule has 0 saturated carbocycles. The fraction of sp³-hybridized carbons (Fsp3) is 0.0357. The highest BCUT2D eigenvalue weighted by Gasteiger charge is 2.41. The monoisotopic (exact) mass is 466 g/mol. The molecule has 0 radical (unpaired) electrons. The van der Waals surface area contributed by atoms with Crippen LogP contribution in [-0.4, -0.2) is 26.9 Å². The second kappa shape index (κ2) is 9.29. The summed E-state index contributed by atoms with van der Waals surface area (Å²) < 4.78 is 30.5. The molecule has 2 N–H and O–H groups in total. The van der Waals surface area contributed by atoms with Crippen molar-refractivity contribution in [3.05, 3.63) is 144 Å². The molecule has 4 nitrogen and oxygen atoms in total. The van der Waals surface area contributed by atoms with Crippen molar-refractivity contribution < 1.29 is 18.8 Å². The molecular weight excluding hydrogens is 445 g/mol. The van der Waals surface area contributed by atoms with Gasteiger partial charge in [-0.1, -0.05) is 91.0 Å². The number of benzene rings is 4. The van der Waals surface area contributed by atoms with Crippen LogP contribution in [0.4, 0.5) is 8.78 Å². The first-order valence-corrected chi connectivity index (χ1v) is 11.1. The van der Waals surface area contributed by atoms with Gasteiger partial charge in [-0.25, -0.2) is 8.78 Å². The fourth-order valence-corrected chi connectivity index (χ4v) is 4.57. The first kappa shape index (κ1) is 22.7. The van der Waals surface area contributed by atoms with Crippen LogP contribution < -0.4 is 5.46 Å². The zero-order chi connectivity index (χ0) is 24.4. The standard InChI is InChI=1S/C28H21BF2N2O2/c30-23-16-17-26(31)24(18-23)27-25(29(34)35)19-33(32-27)28(20-10-4-1-5-11-20,21-12-6-2-7-13-21)22-14-8-3-9-15-22/h1-19,34-35H. The van der Waals surface area contributed by atoms with Crippen molar-refractivity contribution in [2.24, 2.45) is 0 Å². The van der Waals surface area contributed by atoms with E-state index in [4.69, 9.17) is 5.10 Å². The molecule has 172 valence electrons. The van der Waals surface area contributed by atoms with E-state index in [0.29, 0.717) is 0 Å². The van der Waals surface area contributed by atoms with Crippen LogP contribution in [0.25, 0.3) is 11.3 Å². The average Bonchev–Trinajstić information content (AvgIpc) is 3.34. The Balaban J connectivity index is 1.90. The zero-order valence-corrected chi connectivity index (χ0v) is 18.6. The normalized spacial score (nSPS) is 11.4. The minimum Gasteiger partial charge on any atom is -0.423 e. The molecule has 35 heavy (non-hydrogen) atoms. The molecule has 0 bridgehead atoms. The highest BCUT2D eigenvalue weighted by molar-refractivity contribution is 6.60. The van der Waals surface area contributed by atoms with Gasteiger partial charge in [-0.05, 0) is 34.9 Å². The predicted octanol–water partition coefficient (Wildman–Crippen LogP) is 4.35. The van der Waals surface area contributed by atoms with Crippen LogP contribution in [0.1, 0.15) is 16.7 Å². The Hall–Kier alpha value is -4.07. The van der Waals surface area contributed by atoms with Gasteiger partial charge in [0.25, 0.3) is 0 Å². The average molecular weight is 466 g/mol. The van der Waals surface area contributed by atoms with E-state index in [0.717, 1.165) is 34.9 Å². The summed E-state index contributed by atoms with van der Waals surface area (Å²) in [5.74, 6) is -1.38. The number of aromatic nitrogens is 2. The first-order chi connectivity index (χ1) is 17.0. The second-order valence-electron chi connectivity index (χ2n) is 8.18. The van der Waals surface area contributed by atoms with Gasteiger partial charge in [0.15, 0.2) is 0 Å². The second-order valence-corrected chi connectivity index (χ2v) is 8.18. The SMILES string of the molecule is OB(O)c1cn(C(c2ccccc2)(c2ccccc2)c2ccccc2)nc1-c1cc(F)ccc1F. The van der Waals surface area contributed by atoms with E-state index in [1.807, 2.05) is 91.0 Å². The Bertz CT molecular complexity index is 1350. The Morgan fingerprint density at radius 1 is 0.686 bits per heavy atom. The Labute approximate surface area is 201 Å². The Morgan fingerprint density at radius 3 is 1.63 bits per heavy atom. The highest BCUT2D eigenvalue weighted by atomic mass is 19.1. The molecule has 0 atom stereocenters. The molecule has 1 heterocycles. The van der Waals surface area contributed by atoms with Crippen LogP contribution in [0, 0.1) is 11.6 Å². The summed E-state index contributed by atoms with van der Waals surface area (Å²) in [6.07, 6.45) is 1.48. The molecule has 5 aromatic rings. The molecule has 0 aliphatic rings. The lowest BCUT2D eigenvalue weighted by molar-refractivity contribution is 0.425. The molecule has 5 rings (SSSR count). The van der Waals surface area contributed by atoms with Gasteiger partial charge >= 0.3 is 7.12 Å². The molecule has 7 heteroatoms. The third-order valence-corrected chi connectivity index (χ3v) is 6.12. The van der Waals surface area contributed by atoms with Crippen molar-refractivity contribution in [1.29, 1.82) is 0 Å². The summed E-state index contributed by atoms with van der Waals surface area (Å²) in [6.45, 7) is 0. The Kier molecular flexibility index (Phi) is 6.03. The summed E-state index contributed by atoms with van der Waals surface area (Å²) in [5, 5.41) is 25.1. The molecule has 0 unspecified atom stereocenters. The van der Waals surface area contributed by atoms with Crippen LogP contribution in [0.5, 0.6) is 0 Å². The van der Waals surface area contributed by atoms with E-state index in [2.05, 4.69) is 0 Å². The molecule has 1 aromatic heterocycles. The summed E-state index contributed by atoms with van der Waals surface area (Å²) in [5.41, 5.74) is 1.26. The summed E-state index contributed by atoms with van der Waals surface area (Å²) >= 11 is 0. The predicted molar refractivity (Wildman–Crippen MR) is 132 cm³/mol. The fourth-order valence-electron chi connectivity index (χ4n) is 4.57. The molecule has 0 fully saturated rings. The molecule has 0 aliphatic heterocycles. The van der Waals surface area contributed by atoms with Gasteiger partial charge in [0, 0.05) is 17.2 Å². The van der Waals surface area contributed by atoms with Gasteiger partial charge in [-0.15, -0.1) is 0 Å². The van der Waals surface area contributed by atoms with Gasteiger partial charge in [-0.2, -0.15) is 5.10 Å². The van der Waals surface area contributed by atoms with Gasteiger partial charge in [0.1, 0.15) is 17.2 Å². The van der Waals surface area contributed by atoms with Crippen molar-refractivity contribution in [3.63, 3.8) is 0 Å². The highest BCUT2D eigenvalue weighted by Crippen LogP contribution is 2.40. The topological polar surface area (TPSA) is 58.3 Å². The zero-order valence-electron chi connectivity index (χ0n) is 18.6. The van der Waals surface area contributed by atoms with E-state index >= 15 is 0 Å². The largest absolute Gasteiger partial charge is 0.492 e. The summed E-state index contributed by atoms with van der Waals surface area (Å²) in [6, 6.07) is 31.9. The maximum absolute atomic E-state index is 14.8. The van der Waals surface area contributed by atoms with Crippen LogP contribution in [0.15, 0.2) is 115 Å². The smallest absolute Gasteiger partial charge is 0.423 e. The number of hydrogen-bond acceptors (Lipinski definition) is 3. The van der Waals surface area contributed by atoms with E-state index in [1.54, 1.807) is 4.68 Å². The van der Waals surface area contributed by atoms with Gasteiger partial charge < -0.3 is 10.0 Å². The lowest BCUT2D eigenvalue weighted by Gasteiger charge is -2.36. The molecule has 0 aliphatic carbocycles. The third-order valence-electron chi connectivity index (χ3n) is 6.12. The lowest BCUT2D eigenvalue weighted by atomic mass is 9.76. The van der Waals surface area contributed by atoms with Crippen molar-refractivity contribution >= 4 is 12.6 Å². The third kappa shape index (κ3) is 3.95. The number of hydrogen-bond donors (Lipinski definition) is 2. The number of nitrogens with zero attached hydrogens (tertiary/aromatic N) is 2. The Morgan fingerprint density at radius 2 is 1.17 bits per heavy atom. The maximum Gasteiger partial charge on any atom is 0.492 e. The number of rotatable bonds is 6. The molecule has 0 amide bonds. The van der Waals surface area contributed by atoms with E-state index in [-0.39, 0.29) is 16.7 Å². The summed E-state index contributed by atoms with van der Waals surface area (Å²) in [7, 11) is -1.96. The first-order valence-electron chi connectivity index (χ1n) is 11.1. The number of halogens is 2. The quantitative estimate of drug-likeness (QED) is 0.289. The lowest BCUT2D eigenvalue weighted by Crippen LogP contribution is -2.39. The molecule has 0 spiro atoms. The molecular formula is C28H21BF2N2O2. The van der Waals surface area contributed by atoms with E-state index in [1.165, 1.54) is 6.20 Å². The summed E-state index contributed by atoms with van der Waals surface area (Å²) in [4.78, 5) is 0. The molecule has 0 saturated heterocycles. The van der Waals surface area contributed by atoms with Crippen molar-refractivity contribution in [2.45, 2.75) is 5.54 Å². The van der Waals surface area contributed by atoms with Crippen molar-refractivity contribution in [1.82, 2.24) is 9.78 Å². The van der Waals surface area contributed by atoms with Crippen LogP contribution in [0.2, 0.25) is 0 Å².